The van der Waals surface area contributed by atoms with Crippen molar-refractivity contribution in [1.29, 1.82) is 0 Å². The van der Waals surface area contributed by atoms with Crippen molar-refractivity contribution in [1.82, 2.24) is 10.6 Å². The zero-order chi connectivity index (χ0) is 7.95. The van der Waals surface area contributed by atoms with E-state index in [9.17, 15) is 0 Å². The molecule has 64 valence electrons. The highest BCUT2D eigenvalue weighted by molar-refractivity contribution is 7.81. The quantitative estimate of drug-likeness (QED) is 0.470. The van der Waals surface area contributed by atoms with Gasteiger partial charge in [-0.1, -0.05) is 0 Å². The average molecular weight is 172 g/mol. The number of thiol groups is 1. The molecule has 2 aliphatic heterocycles. The van der Waals surface area contributed by atoms with Gasteiger partial charge in [-0.3, -0.25) is 5.32 Å². The summed E-state index contributed by atoms with van der Waals surface area (Å²) in [6.45, 7) is 4.46. The van der Waals surface area contributed by atoms with E-state index >= 15 is 0 Å². The first-order chi connectivity index (χ1) is 5.12. The van der Waals surface area contributed by atoms with Gasteiger partial charge in [0.2, 0.25) is 0 Å². The van der Waals surface area contributed by atoms with Crippen LogP contribution < -0.4 is 10.6 Å². The molecule has 3 heteroatoms. The molecular formula is C8H16N2S. The van der Waals surface area contributed by atoms with Gasteiger partial charge in [-0.15, -0.1) is 0 Å². The van der Waals surface area contributed by atoms with Crippen molar-refractivity contribution in [2.75, 3.05) is 13.1 Å². The zero-order valence-corrected chi connectivity index (χ0v) is 7.88. The van der Waals surface area contributed by atoms with Gasteiger partial charge in [0.1, 0.15) is 0 Å². The van der Waals surface area contributed by atoms with E-state index in [-0.39, 0.29) is 4.87 Å². The normalized spacial score (nSPS) is 50.7. The Labute approximate surface area is 73.5 Å². The van der Waals surface area contributed by atoms with E-state index in [4.69, 9.17) is 0 Å². The van der Waals surface area contributed by atoms with Crippen LogP contribution in [0, 0.1) is 0 Å². The second-order valence-electron chi connectivity index (χ2n) is 4.11. The molecule has 2 unspecified atom stereocenters. The van der Waals surface area contributed by atoms with Crippen LogP contribution in [0.4, 0.5) is 0 Å². The molecule has 0 aromatic rings. The first-order valence-electron chi connectivity index (χ1n) is 4.34. The molecular weight excluding hydrogens is 156 g/mol. The number of nitrogens with one attached hydrogen (secondary N) is 2. The van der Waals surface area contributed by atoms with E-state index in [0.717, 1.165) is 13.1 Å². The van der Waals surface area contributed by atoms with Gasteiger partial charge < -0.3 is 5.32 Å². The van der Waals surface area contributed by atoms with Crippen LogP contribution in [0.3, 0.4) is 0 Å². The van der Waals surface area contributed by atoms with E-state index in [1.165, 1.54) is 19.3 Å². The molecule has 0 bridgehead atoms. The fourth-order valence-corrected chi connectivity index (χ4v) is 2.59. The molecule has 2 aliphatic rings. The van der Waals surface area contributed by atoms with Gasteiger partial charge in [-0.25, -0.2) is 0 Å². The van der Waals surface area contributed by atoms with E-state index in [1.807, 2.05) is 0 Å². The summed E-state index contributed by atoms with van der Waals surface area (Å²) >= 11 is 4.56. The van der Waals surface area contributed by atoms with Crippen LogP contribution >= 0.6 is 12.6 Å². The average Bonchev–Trinajstić information content (AvgIpc) is 2.43. The molecule has 1 spiro atoms. The summed E-state index contributed by atoms with van der Waals surface area (Å²) in [6.07, 6.45) is 3.74. The molecule has 2 saturated heterocycles. The number of hydrogen-bond acceptors (Lipinski definition) is 3. The van der Waals surface area contributed by atoms with E-state index in [1.54, 1.807) is 0 Å². The topological polar surface area (TPSA) is 24.1 Å². The Balaban J connectivity index is 2.07. The van der Waals surface area contributed by atoms with Crippen molar-refractivity contribution >= 4 is 12.6 Å². The molecule has 0 aliphatic carbocycles. The van der Waals surface area contributed by atoms with Crippen molar-refractivity contribution in [2.24, 2.45) is 0 Å². The maximum Gasteiger partial charge on any atom is 0.0592 e. The van der Waals surface area contributed by atoms with Gasteiger partial charge in [0.15, 0.2) is 0 Å². The largest absolute Gasteiger partial charge is 0.315 e. The van der Waals surface area contributed by atoms with Gasteiger partial charge in [0.05, 0.1) is 4.87 Å². The maximum absolute atomic E-state index is 4.56. The lowest BCUT2D eigenvalue weighted by Crippen LogP contribution is -2.47. The molecule has 2 rings (SSSR count). The minimum atomic E-state index is 0.0754. The van der Waals surface area contributed by atoms with Crippen molar-refractivity contribution in [3.8, 4) is 0 Å². The van der Waals surface area contributed by atoms with Crippen molar-refractivity contribution in [2.45, 2.75) is 36.6 Å². The lowest BCUT2D eigenvalue weighted by Gasteiger charge is -2.26. The number of rotatable bonds is 0. The summed E-state index contributed by atoms with van der Waals surface area (Å²) < 4.78 is 0. The van der Waals surface area contributed by atoms with Gasteiger partial charge in [0, 0.05) is 12.1 Å². The van der Waals surface area contributed by atoms with E-state index < -0.39 is 0 Å². The summed E-state index contributed by atoms with van der Waals surface area (Å²) in [6, 6.07) is 0. The third kappa shape index (κ3) is 1.42. The molecule has 2 heterocycles. The van der Waals surface area contributed by atoms with Crippen molar-refractivity contribution < 1.29 is 0 Å². The van der Waals surface area contributed by atoms with Gasteiger partial charge in [-0.05, 0) is 32.7 Å². The second-order valence-corrected chi connectivity index (χ2v) is 5.09. The third-order valence-corrected chi connectivity index (χ3v) is 3.20. The predicted molar refractivity (Wildman–Crippen MR) is 50.0 cm³/mol. The first kappa shape index (κ1) is 7.90. The molecule has 0 radical (unpaired) electrons. The summed E-state index contributed by atoms with van der Waals surface area (Å²) in [5.41, 5.74) is 0.385. The Morgan fingerprint density at radius 2 is 2.09 bits per heavy atom. The minimum Gasteiger partial charge on any atom is -0.315 e. The standard InChI is InChI=1S/C8H16N2S/c1-7(11)2-3-8(10-7)4-5-9-6-8/h9-11H,2-6H2,1H3. The van der Waals surface area contributed by atoms with Crippen LogP contribution in [-0.2, 0) is 0 Å². The highest BCUT2D eigenvalue weighted by Gasteiger charge is 2.44. The van der Waals surface area contributed by atoms with Crippen LogP contribution in [0.1, 0.15) is 26.2 Å². The van der Waals surface area contributed by atoms with Crippen LogP contribution in [-0.4, -0.2) is 23.5 Å². The lowest BCUT2D eigenvalue weighted by atomic mass is 9.97. The second kappa shape index (κ2) is 2.38. The molecule has 2 nitrogen and oxygen atoms in total. The van der Waals surface area contributed by atoms with Gasteiger partial charge in [0.25, 0.3) is 0 Å². The Hall–Kier alpha value is 0.270. The van der Waals surface area contributed by atoms with Crippen LogP contribution in [0.5, 0.6) is 0 Å². The highest BCUT2D eigenvalue weighted by atomic mass is 32.1. The smallest absolute Gasteiger partial charge is 0.0592 e. The van der Waals surface area contributed by atoms with Gasteiger partial charge >= 0.3 is 0 Å². The monoisotopic (exact) mass is 172 g/mol. The Morgan fingerprint density at radius 1 is 1.27 bits per heavy atom. The molecule has 0 saturated carbocycles. The molecule has 2 fully saturated rings. The summed E-state index contributed by atoms with van der Waals surface area (Å²) in [5.74, 6) is 0. The van der Waals surface area contributed by atoms with E-state index in [0.29, 0.717) is 5.54 Å². The molecule has 2 N–H and O–H groups in total. The van der Waals surface area contributed by atoms with E-state index in [2.05, 4.69) is 30.2 Å². The van der Waals surface area contributed by atoms with Crippen molar-refractivity contribution in [3.05, 3.63) is 0 Å². The number of hydrogen-bond donors (Lipinski definition) is 3. The van der Waals surface area contributed by atoms with Crippen LogP contribution in [0.2, 0.25) is 0 Å². The van der Waals surface area contributed by atoms with Crippen LogP contribution in [0.15, 0.2) is 0 Å². The Morgan fingerprint density at radius 3 is 2.55 bits per heavy atom. The fourth-order valence-electron chi connectivity index (χ4n) is 2.24. The first-order valence-corrected chi connectivity index (χ1v) is 4.79. The van der Waals surface area contributed by atoms with Gasteiger partial charge in [-0.2, -0.15) is 12.6 Å². The summed E-state index contributed by atoms with van der Waals surface area (Å²) in [7, 11) is 0. The molecule has 2 atom stereocenters. The molecule has 0 aromatic carbocycles. The molecule has 0 aromatic heterocycles. The summed E-state index contributed by atoms with van der Waals surface area (Å²) in [5, 5.41) is 7.00. The predicted octanol–water partition coefficient (Wildman–Crippen LogP) is 0.748. The Kier molecular flexibility index (Phi) is 1.71. The summed E-state index contributed by atoms with van der Waals surface area (Å²) in [4.78, 5) is 0.0754. The zero-order valence-electron chi connectivity index (χ0n) is 6.98. The molecule has 11 heavy (non-hydrogen) atoms. The Bertz CT molecular complexity index is 161. The highest BCUT2D eigenvalue weighted by Crippen LogP contribution is 2.36. The maximum atomic E-state index is 4.56. The molecule has 0 amide bonds. The van der Waals surface area contributed by atoms with Crippen molar-refractivity contribution in [3.63, 3.8) is 0 Å². The fraction of sp³-hybridized carbons (Fsp3) is 1.00. The SMILES string of the molecule is CC1(S)CCC2(CCNC2)N1. The third-order valence-electron chi connectivity index (χ3n) is 2.87. The lowest BCUT2D eigenvalue weighted by molar-refractivity contribution is 0.387. The van der Waals surface area contributed by atoms with Crippen LogP contribution in [0.25, 0.3) is 0 Å². The minimum absolute atomic E-state index is 0.0754.